The number of benzene rings is 2. The van der Waals surface area contributed by atoms with E-state index in [1.807, 2.05) is 0 Å². The Kier molecular flexibility index (Phi) is 9.19. The highest BCUT2D eigenvalue weighted by Crippen LogP contribution is 2.21. The molecule has 0 aliphatic heterocycles. The maximum atomic E-state index is 12.1. The van der Waals surface area contributed by atoms with Gasteiger partial charge in [0.1, 0.15) is 6.54 Å². The number of esters is 3. The maximum Gasteiger partial charge on any atom is 0.337 e. The molecule has 0 aliphatic carbocycles. The van der Waals surface area contributed by atoms with E-state index in [1.54, 1.807) is 0 Å². The first-order chi connectivity index (χ1) is 15.6. The number of hydrogen-bond donors (Lipinski definition) is 2. The Hall–Kier alpha value is -3.63. The first-order valence-corrected chi connectivity index (χ1v) is 9.90. The molecule has 0 aromatic heterocycles. The number of methoxy groups -OCH3 is 2. The average Bonchev–Trinajstić information content (AvgIpc) is 2.79. The molecule has 0 heterocycles. The Labute approximate surface area is 198 Å². The smallest absolute Gasteiger partial charge is 0.337 e. The van der Waals surface area contributed by atoms with Crippen molar-refractivity contribution in [2.75, 3.05) is 32.7 Å². The second-order valence-corrected chi connectivity index (χ2v) is 7.14. The van der Waals surface area contributed by atoms with Crippen LogP contribution >= 0.6 is 23.2 Å². The van der Waals surface area contributed by atoms with Crippen LogP contribution in [0.3, 0.4) is 0 Å². The number of nitrogens with one attached hydrogen (secondary N) is 2. The maximum absolute atomic E-state index is 12.1. The number of rotatable bonds is 8. The molecule has 2 rings (SSSR count). The fourth-order valence-electron chi connectivity index (χ4n) is 2.49. The molecule has 12 heteroatoms. The van der Waals surface area contributed by atoms with Crippen molar-refractivity contribution in [2.45, 2.75) is 0 Å². The Morgan fingerprint density at radius 1 is 0.879 bits per heavy atom. The molecule has 0 fully saturated rings. The zero-order valence-electron chi connectivity index (χ0n) is 17.4. The van der Waals surface area contributed by atoms with Crippen LogP contribution in [0.2, 0.25) is 10.0 Å². The van der Waals surface area contributed by atoms with Crippen LogP contribution in [0.4, 0.5) is 5.69 Å². The minimum atomic E-state index is -0.887. The van der Waals surface area contributed by atoms with Crippen LogP contribution in [0.15, 0.2) is 36.4 Å². The monoisotopic (exact) mass is 496 g/mol. The second kappa shape index (κ2) is 11.8. The number of carbonyl (C=O) groups excluding carboxylic acids is 5. The van der Waals surface area contributed by atoms with Crippen LogP contribution < -0.4 is 10.6 Å². The van der Waals surface area contributed by atoms with E-state index in [4.69, 9.17) is 27.9 Å². The van der Waals surface area contributed by atoms with E-state index in [1.165, 1.54) is 36.4 Å². The molecule has 0 aliphatic rings. The lowest BCUT2D eigenvalue weighted by Crippen LogP contribution is -2.32. The minimum Gasteiger partial charge on any atom is -0.465 e. The summed E-state index contributed by atoms with van der Waals surface area (Å²) < 4.78 is 14.0. The van der Waals surface area contributed by atoms with Gasteiger partial charge in [-0.05, 0) is 36.4 Å². The lowest BCUT2D eigenvalue weighted by molar-refractivity contribution is -0.146. The van der Waals surface area contributed by atoms with E-state index in [0.29, 0.717) is 5.02 Å². The van der Waals surface area contributed by atoms with Gasteiger partial charge in [-0.15, -0.1) is 0 Å². The summed E-state index contributed by atoms with van der Waals surface area (Å²) in [7, 11) is 2.31. The van der Waals surface area contributed by atoms with Crippen molar-refractivity contribution in [3.63, 3.8) is 0 Å². The summed E-state index contributed by atoms with van der Waals surface area (Å²) in [5.74, 6) is -3.75. The average molecular weight is 497 g/mol. The molecule has 0 saturated carbocycles. The van der Waals surface area contributed by atoms with E-state index in [-0.39, 0.29) is 27.4 Å². The molecule has 174 valence electrons. The van der Waals surface area contributed by atoms with Crippen molar-refractivity contribution in [2.24, 2.45) is 0 Å². The topological polar surface area (TPSA) is 137 Å². The van der Waals surface area contributed by atoms with Crippen molar-refractivity contribution in [1.82, 2.24) is 5.32 Å². The third-order valence-electron chi connectivity index (χ3n) is 3.99. The zero-order chi connectivity index (χ0) is 24.5. The molecule has 0 atom stereocenters. The molecule has 2 amide bonds. The van der Waals surface area contributed by atoms with Gasteiger partial charge in [-0.25, -0.2) is 9.59 Å². The highest BCUT2D eigenvalue weighted by atomic mass is 35.5. The highest BCUT2D eigenvalue weighted by Gasteiger charge is 2.16. The van der Waals surface area contributed by atoms with Crippen LogP contribution in [-0.2, 0) is 23.8 Å². The number of carbonyl (C=O) groups is 5. The summed E-state index contributed by atoms with van der Waals surface area (Å²) >= 11 is 11.7. The van der Waals surface area contributed by atoms with Gasteiger partial charge in [-0.3, -0.25) is 14.4 Å². The molecule has 0 radical (unpaired) electrons. The van der Waals surface area contributed by atoms with Gasteiger partial charge in [-0.1, -0.05) is 23.2 Å². The van der Waals surface area contributed by atoms with Gasteiger partial charge in [0.15, 0.2) is 6.61 Å². The summed E-state index contributed by atoms with van der Waals surface area (Å²) in [4.78, 5) is 59.6. The third-order valence-corrected chi connectivity index (χ3v) is 4.54. The van der Waals surface area contributed by atoms with Crippen molar-refractivity contribution < 1.29 is 38.2 Å². The van der Waals surface area contributed by atoms with Crippen molar-refractivity contribution >= 4 is 58.6 Å². The zero-order valence-corrected chi connectivity index (χ0v) is 18.9. The predicted octanol–water partition coefficient (Wildman–Crippen LogP) is 2.48. The number of ether oxygens (including phenoxy) is 3. The van der Waals surface area contributed by atoms with Gasteiger partial charge >= 0.3 is 17.9 Å². The molecule has 0 unspecified atom stereocenters. The fourth-order valence-corrected chi connectivity index (χ4v) is 2.98. The molecule has 2 aromatic carbocycles. The SMILES string of the molecule is COC(=O)c1cc(NC(=O)COC(=O)CNC(=O)c2ccc(Cl)cc2Cl)cc(C(=O)OC)c1. The fraction of sp³-hybridized carbons (Fsp3) is 0.190. The molecule has 2 aromatic rings. The van der Waals surface area contributed by atoms with Crippen LogP contribution in [0.1, 0.15) is 31.1 Å². The Balaban J connectivity index is 1.92. The van der Waals surface area contributed by atoms with E-state index in [9.17, 15) is 24.0 Å². The molecule has 10 nitrogen and oxygen atoms in total. The van der Waals surface area contributed by atoms with Gasteiger partial charge in [0.05, 0.1) is 35.9 Å². The van der Waals surface area contributed by atoms with Crippen LogP contribution in [0, 0.1) is 0 Å². The quantitative estimate of drug-likeness (QED) is 0.419. The lowest BCUT2D eigenvalue weighted by atomic mass is 10.1. The largest absolute Gasteiger partial charge is 0.465 e. The summed E-state index contributed by atoms with van der Waals surface area (Å²) in [5, 5.41) is 5.15. The standard InChI is InChI=1S/C21H18Cl2N2O8/c1-31-20(29)11-5-12(21(30)32-2)7-14(6-11)25-17(26)10-33-18(27)9-24-19(28)15-4-3-13(22)8-16(15)23/h3-8H,9-10H2,1-2H3,(H,24,28)(H,25,26). The van der Waals surface area contributed by atoms with Crippen LogP contribution in [0.5, 0.6) is 0 Å². The molecule has 0 saturated heterocycles. The number of amides is 2. The normalized spacial score (nSPS) is 10.1. The van der Waals surface area contributed by atoms with Gasteiger partial charge < -0.3 is 24.8 Å². The minimum absolute atomic E-state index is 0.00346. The van der Waals surface area contributed by atoms with E-state index in [2.05, 4.69) is 20.1 Å². The van der Waals surface area contributed by atoms with Crippen LogP contribution in [-0.4, -0.2) is 57.1 Å². The molecule has 2 N–H and O–H groups in total. The first-order valence-electron chi connectivity index (χ1n) is 9.15. The van der Waals surface area contributed by atoms with Crippen molar-refractivity contribution in [1.29, 1.82) is 0 Å². The summed E-state index contributed by atoms with van der Waals surface area (Å²) in [6, 6.07) is 8.02. The molecular weight excluding hydrogens is 479 g/mol. The summed E-state index contributed by atoms with van der Waals surface area (Å²) in [6.45, 7) is -1.21. The van der Waals surface area contributed by atoms with E-state index in [0.717, 1.165) is 14.2 Å². The highest BCUT2D eigenvalue weighted by molar-refractivity contribution is 6.36. The first kappa shape index (κ1) is 25.6. The Bertz CT molecular complexity index is 1070. The van der Waals surface area contributed by atoms with Gasteiger partial charge in [-0.2, -0.15) is 0 Å². The van der Waals surface area contributed by atoms with E-state index >= 15 is 0 Å². The van der Waals surface area contributed by atoms with Crippen LogP contribution in [0.25, 0.3) is 0 Å². The molecular formula is C21H18Cl2N2O8. The lowest BCUT2D eigenvalue weighted by Gasteiger charge is -2.10. The number of halogens is 2. The van der Waals surface area contributed by atoms with Crippen molar-refractivity contribution in [3.8, 4) is 0 Å². The van der Waals surface area contributed by atoms with Gasteiger partial charge in [0.25, 0.3) is 11.8 Å². The predicted molar refractivity (Wildman–Crippen MR) is 118 cm³/mol. The number of hydrogen-bond acceptors (Lipinski definition) is 8. The third kappa shape index (κ3) is 7.48. The Morgan fingerprint density at radius 3 is 2.03 bits per heavy atom. The van der Waals surface area contributed by atoms with Gasteiger partial charge in [0.2, 0.25) is 0 Å². The summed E-state index contributed by atoms with van der Waals surface area (Å²) in [5.41, 5.74) is 0.177. The molecule has 33 heavy (non-hydrogen) atoms. The molecule has 0 spiro atoms. The second-order valence-electron chi connectivity index (χ2n) is 6.30. The van der Waals surface area contributed by atoms with Gasteiger partial charge in [0, 0.05) is 10.7 Å². The van der Waals surface area contributed by atoms with E-state index < -0.39 is 42.9 Å². The Morgan fingerprint density at radius 2 is 1.48 bits per heavy atom. The summed E-state index contributed by atoms with van der Waals surface area (Å²) in [6.07, 6.45) is 0. The molecule has 0 bridgehead atoms. The van der Waals surface area contributed by atoms with Crippen molar-refractivity contribution in [3.05, 3.63) is 63.1 Å². The number of anilines is 1.